The van der Waals surface area contributed by atoms with Crippen molar-refractivity contribution >= 4 is 11.7 Å². The van der Waals surface area contributed by atoms with Gasteiger partial charge in [0.2, 0.25) is 0 Å². The van der Waals surface area contributed by atoms with Crippen LogP contribution in [0, 0.1) is 17.2 Å². The lowest BCUT2D eigenvalue weighted by atomic mass is 9.57. The van der Waals surface area contributed by atoms with Gasteiger partial charge in [0.05, 0.1) is 17.5 Å². The van der Waals surface area contributed by atoms with Crippen LogP contribution in [-0.2, 0) is 4.74 Å². The average Bonchev–Trinajstić information content (AvgIpc) is 3.23. The number of aromatic nitrogens is 2. The van der Waals surface area contributed by atoms with Crippen LogP contribution in [0.1, 0.15) is 20.3 Å². The topological polar surface area (TPSA) is 68.2 Å². The summed E-state index contributed by atoms with van der Waals surface area (Å²) in [6.45, 7) is 4.94. The highest BCUT2D eigenvalue weighted by molar-refractivity contribution is 5.91. The van der Waals surface area contributed by atoms with E-state index >= 15 is 0 Å². The van der Waals surface area contributed by atoms with E-state index in [0.29, 0.717) is 17.3 Å². The lowest BCUT2D eigenvalue weighted by Crippen LogP contribution is -2.67. The van der Waals surface area contributed by atoms with E-state index < -0.39 is 5.82 Å². The lowest BCUT2D eigenvalue weighted by molar-refractivity contribution is -0.107. The molecule has 7 heteroatoms. The van der Waals surface area contributed by atoms with Crippen molar-refractivity contribution < 1.29 is 13.9 Å². The first-order valence-electron chi connectivity index (χ1n) is 8.45. The third-order valence-electron chi connectivity index (χ3n) is 5.35. The molecule has 4 rings (SSSR count). The molecule has 2 heterocycles. The van der Waals surface area contributed by atoms with Gasteiger partial charge in [0.15, 0.2) is 0 Å². The van der Waals surface area contributed by atoms with Crippen molar-refractivity contribution in [3.63, 3.8) is 0 Å². The van der Waals surface area contributed by atoms with E-state index in [1.165, 1.54) is 12.1 Å². The van der Waals surface area contributed by atoms with Crippen LogP contribution in [0.5, 0.6) is 0 Å². The molecule has 0 bridgehead atoms. The molecular weight excluding hydrogens is 323 g/mol. The summed E-state index contributed by atoms with van der Waals surface area (Å²) in [6, 6.07) is 5.69. The number of carbonyl (C=O) groups is 1. The zero-order valence-corrected chi connectivity index (χ0v) is 14.2. The fourth-order valence-electron chi connectivity index (χ4n) is 4.14. The second-order valence-corrected chi connectivity index (χ2v) is 7.25. The number of fused-ring (bicyclic) bond motifs is 1. The van der Waals surface area contributed by atoms with Gasteiger partial charge in [-0.15, -0.1) is 0 Å². The third kappa shape index (κ3) is 2.68. The van der Waals surface area contributed by atoms with Crippen LogP contribution < -0.4 is 10.6 Å². The SMILES string of the molecule is CC1(C)[C@H](NC(=O)Nc2cc(F)ccc2-n2cccn2)[C@@H]2CCO[C@@H]21. The van der Waals surface area contributed by atoms with E-state index in [1.807, 2.05) is 0 Å². The first-order chi connectivity index (χ1) is 12.0. The maximum Gasteiger partial charge on any atom is 0.319 e. The Balaban J connectivity index is 1.51. The molecule has 1 saturated heterocycles. The molecule has 0 spiro atoms. The molecule has 2 amide bonds. The highest BCUT2D eigenvalue weighted by atomic mass is 19.1. The van der Waals surface area contributed by atoms with Crippen molar-refractivity contribution in [3.8, 4) is 5.69 Å². The van der Waals surface area contributed by atoms with Gasteiger partial charge in [0, 0.05) is 36.4 Å². The van der Waals surface area contributed by atoms with Crippen LogP contribution in [0.4, 0.5) is 14.9 Å². The minimum absolute atomic E-state index is 0.0433. The standard InChI is InChI=1S/C18H21FN4O2/c1-18(2)15(12-6-9-25-16(12)18)22-17(24)21-13-10-11(19)4-5-14(13)23-8-3-7-20-23/h3-5,7-8,10,12,15-16H,6,9H2,1-2H3,(H2,21,22,24)/t12-,15+,16-/m0/s1. The first-order valence-corrected chi connectivity index (χ1v) is 8.45. The number of anilines is 1. The second kappa shape index (κ2) is 5.84. The molecular formula is C18H21FN4O2. The van der Waals surface area contributed by atoms with Crippen LogP contribution in [-0.4, -0.2) is 34.6 Å². The summed E-state index contributed by atoms with van der Waals surface area (Å²) in [5.74, 6) is -0.0710. The first kappa shape index (κ1) is 16.1. The molecule has 6 nitrogen and oxygen atoms in total. The quantitative estimate of drug-likeness (QED) is 0.899. The summed E-state index contributed by atoms with van der Waals surface area (Å²) >= 11 is 0. The van der Waals surface area contributed by atoms with Gasteiger partial charge in [-0.2, -0.15) is 5.10 Å². The smallest absolute Gasteiger partial charge is 0.319 e. The van der Waals surface area contributed by atoms with Gasteiger partial charge < -0.3 is 15.4 Å². The molecule has 1 aliphatic heterocycles. The number of urea groups is 1. The van der Waals surface area contributed by atoms with Crippen molar-refractivity contribution in [2.75, 3.05) is 11.9 Å². The van der Waals surface area contributed by atoms with Crippen LogP contribution in [0.15, 0.2) is 36.7 Å². The van der Waals surface area contributed by atoms with E-state index in [0.717, 1.165) is 13.0 Å². The van der Waals surface area contributed by atoms with Crippen LogP contribution in [0.2, 0.25) is 0 Å². The second-order valence-electron chi connectivity index (χ2n) is 7.25. The molecule has 1 aromatic carbocycles. The van der Waals surface area contributed by atoms with Gasteiger partial charge in [-0.25, -0.2) is 13.9 Å². The summed E-state index contributed by atoms with van der Waals surface area (Å²) in [6.07, 6.45) is 4.53. The molecule has 0 unspecified atom stereocenters. The largest absolute Gasteiger partial charge is 0.377 e. The fraction of sp³-hybridized carbons (Fsp3) is 0.444. The molecule has 1 aliphatic carbocycles. The third-order valence-corrected chi connectivity index (χ3v) is 5.35. The predicted octanol–water partition coefficient (Wildman–Crippen LogP) is 2.95. The summed E-state index contributed by atoms with van der Waals surface area (Å²) in [7, 11) is 0. The molecule has 132 valence electrons. The van der Waals surface area contributed by atoms with Crippen LogP contribution in [0.3, 0.4) is 0 Å². The Bertz CT molecular complexity index is 790. The molecule has 0 radical (unpaired) electrons. The molecule has 2 fully saturated rings. The van der Waals surface area contributed by atoms with Gasteiger partial charge in [-0.05, 0) is 30.7 Å². The number of hydrogen-bond acceptors (Lipinski definition) is 3. The Morgan fingerprint density at radius 3 is 3.04 bits per heavy atom. The van der Waals surface area contributed by atoms with Gasteiger partial charge in [-0.1, -0.05) is 13.8 Å². The summed E-state index contributed by atoms with van der Waals surface area (Å²) in [4.78, 5) is 12.5. The molecule has 1 saturated carbocycles. The van der Waals surface area contributed by atoms with E-state index in [4.69, 9.17) is 4.74 Å². The Labute approximate surface area is 145 Å². The van der Waals surface area contributed by atoms with Crippen molar-refractivity contribution in [3.05, 3.63) is 42.5 Å². The number of hydrogen-bond donors (Lipinski definition) is 2. The zero-order chi connectivity index (χ0) is 17.6. The van der Waals surface area contributed by atoms with Crippen molar-refractivity contribution in [1.29, 1.82) is 0 Å². The highest BCUT2D eigenvalue weighted by Crippen LogP contribution is 2.52. The normalized spacial score (nSPS) is 26.6. The number of nitrogens with zero attached hydrogens (tertiary/aromatic N) is 2. The number of benzene rings is 1. The molecule has 2 N–H and O–H groups in total. The van der Waals surface area contributed by atoms with Crippen LogP contribution >= 0.6 is 0 Å². The number of halogens is 1. The van der Waals surface area contributed by atoms with Gasteiger partial charge in [0.25, 0.3) is 0 Å². The predicted molar refractivity (Wildman–Crippen MR) is 91.1 cm³/mol. The van der Waals surface area contributed by atoms with E-state index in [1.54, 1.807) is 29.2 Å². The molecule has 2 aromatic rings. The zero-order valence-electron chi connectivity index (χ0n) is 14.2. The van der Waals surface area contributed by atoms with Gasteiger partial charge >= 0.3 is 6.03 Å². The van der Waals surface area contributed by atoms with Crippen molar-refractivity contribution in [2.24, 2.45) is 11.3 Å². The molecule has 2 aliphatic rings. The Morgan fingerprint density at radius 2 is 2.28 bits per heavy atom. The van der Waals surface area contributed by atoms with E-state index in [-0.39, 0.29) is 23.6 Å². The molecule has 1 aromatic heterocycles. The number of rotatable bonds is 3. The lowest BCUT2D eigenvalue weighted by Gasteiger charge is -2.54. The number of nitrogens with one attached hydrogen (secondary N) is 2. The summed E-state index contributed by atoms with van der Waals surface area (Å²) in [5.41, 5.74) is 0.875. The number of ether oxygens (including phenoxy) is 1. The fourth-order valence-corrected chi connectivity index (χ4v) is 4.14. The molecule has 25 heavy (non-hydrogen) atoms. The maximum atomic E-state index is 13.7. The minimum atomic E-state index is -0.417. The summed E-state index contributed by atoms with van der Waals surface area (Å²) < 4.78 is 21.0. The summed E-state index contributed by atoms with van der Waals surface area (Å²) in [5, 5.41) is 9.95. The van der Waals surface area contributed by atoms with Gasteiger partial charge in [0.1, 0.15) is 5.82 Å². The van der Waals surface area contributed by atoms with E-state index in [2.05, 4.69) is 29.6 Å². The van der Waals surface area contributed by atoms with Crippen molar-refractivity contribution in [1.82, 2.24) is 15.1 Å². The minimum Gasteiger partial charge on any atom is -0.377 e. The van der Waals surface area contributed by atoms with Gasteiger partial charge in [-0.3, -0.25) is 0 Å². The van der Waals surface area contributed by atoms with E-state index in [9.17, 15) is 9.18 Å². The Hall–Kier alpha value is -2.41. The number of carbonyl (C=O) groups excluding carboxylic acids is 1. The average molecular weight is 344 g/mol. The van der Waals surface area contributed by atoms with Crippen molar-refractivity contribution in [2.45, 2.75) is 32.4 Å². The monoisotopic (exact) mass is 344 g/mol. The maximum absolute atomic E-state index is 13.7. The molecule has 3 atom stereocenters. The Morgan fingerprint density at radius 1 is 1.44 bits per heavy atom. The highest BCUT2D eigenvalue weighted by Gasteiger charge is 2.59. The Kier molecular flexibility index (Phi) is 3.76. The number of amides is 2. The van der Waals surface area contributed by atoms with Crippen LogP contribution in [0.25, 0.3) is 5.69 Å².